The van der Waals surface area contributed by atoms with Crippen molar-refractivity contribution in [2.45, 2.75) is 39.0 Å². The van der Waals surface area contributed by atoms with Gasteiger partial charge in [-0.3, -0.25) is 9.59 Å². The molecule has 0 bridgehead atoms. The summed E-state index contributed by atoms with van der Waals surface area (Å²) in [6, 6.07) is 7.96. The molecule has 168 valence electrons. The van der Waals surface area contributed by atoms with E-state index in [1.165, 1.54) is 11.5 Å². The quantitative estimate of drug-likeness (QED) is 0.561. The summed E-state index contributed by atoms with van der Waals surface area (Å²) in [6.45, 7) is 4.55. The van der Waals surface area contributed by atoms with Crippen molar-refractivity contribution in [3.05, 3.63) is 35.7 Å². The molecule has 1 aromatic carbocycles. The molecule has 0 spiro atoms. The summed E-state index contributed by atoms with van der Waals surface area (Å²) in [5, 5.41) is 3.90. The molecule has 1 fully saturated rings. The molecule has 31 heavy (non-hydrogen) atoms. The van der Waals surface area contributed by atoms with E-state index in [1.807, 2.05) is 18.2 Å². The zero-order valence-corrected chi connectivity index (χ0v) is 19.0. The van der Waals surface area contributed by atoms with E-state index in [0.717, 1.165) is 48.2 Å². The average molecular weight is 447 g/mol. The maximum Gasteiger partial charge on any atom is 0.306 e. The molecule has 3 rings (SSSR count). The van der Waals surface area contributed by atoms with Crippen LogP contribution in [0.15, 0.2) is 24.3 Å². The second-order valence-corrected chi connectivity index (χ2v) is 8.29. The van der Waals surface area contributed by atoms with Crippen molar-refractivity contribution in [2.75, 3.05) is 38.3 Å². The monoisotopic (exact) mass is 446 g/mol. The third kappa shape index (κ3) is 7.20. The number of esters is 1. The molecular formula is C22H30N4O4S. The molecule has 0 unspecified atom stereocenters. The van der Waals surface area contributed by atoms with Crippen LogP contribution in [0, 0.1) is 5.92 Å². The second-order valence-electron chi connectivity index (χ2n) is 7.56. The van der Waals surface area contributed by atoms with Crippen molar-refractivity contribution in [3.8, 4) is 5.75 Å². The number of nitrogens with one attached hydrogen (secondary N) is 1. The van der Waals surface area contributed by atoms with Gasteiger partial charge < -0.3 is 19.7 Å². The summed E-state index contributed by atoms with van der Waals surface area (Å²) in [5.41, 5.74) is 1.13. The predicted molar refractivity (Wildman–Crippen MR) is 120 cm³/mol. The first-order valence-electron chi connectivity index (χ1n) is 10.7. The van der Waals surface area contributed by atoms with E-state index in [4.69, 9.17) is 14.5 Å². The molecule has 2 aromatic rings. The van der Waals surface area contributed by atoms with Gasteiger partial charge in [-0.25, -0.2) is 4.98 Å². The molecule has 1 N–H and O–H groups in total. The van der Waals surface area contributed by atoms with Crippen LogP contribution in [-0.2, 0) is 20.7 Å². The molecule has 1 aromatic heterocycles. The standard InChI is InChI=1S/C22H30N4O4S/c1-3-30-21(28)8-7-20(27)23-15-16-9-11-26(12-10-16)22-24-19(25-31-22)14-17-5-4-6-18(13-17)29-2/h4-6,13,16H,3,7-12,14-15H2,1-2H3,(H,23,27). The van der Waals surface area contributed by atoms with Gasteiger partial charge in [-0.1, -0.05) is 12.1 Å². The lowest BCUT2D eigenvalue weighted by molar-refractivity contribution is -0.144. The maximum absolute atomic E-state index is 11.9. The molecule has 9 heteroatoms. The van der Waals surface area contributed by atoms with E-state index in [0.29, 0.717) is 25.5 Å². The van der Waals surface area contributed by atoms with Crippen LogP contribution in [-0.4, -0.2) is 54.6 Å². The fourth-order valence-corrected chi connectivity index (χ4v) is 4.27. The van der Waals surface area contributed by atoms with Crippen LogP contribution >= 0.6 is 11.5 Å². The summed E-state index contributed by atoms with van der Waals surface area (Å²) >= 11 is 1.44. The first kappa shape index (κ1) is 23.0. The molecule has 0 saturated carbocycles. The Labute approximate surface area is 187 Å². The SMILES string of the molecule is CCOC(=O)CCC(=O)NCC1CCN(c2nc(Cc3cccc(OC)c3)ns2)CC1. The number of hydrogen-bond acceptors (Lipinski definition) is 8. The van der Waals surface area contributed by atoms with Crippen LogP contribution < -0.4 is 15.0 Å². The van der Waals surface area contributed by atoms with Crippen LogP contribution in [0.4, 0.5) is 5.13 Å². The summed E-state index contributed by atoms with van der Waals surface area (Å²) in [7, 11) is 1.66. The lowest BCUT2D eigenvalue weighted by Crippen LogP contribution is -2.38. The highest BCUT2D eigenvalue weighted by Crippen LogP contribution is 2.25. The number of nitrogens with zero attached hydrogens (tertiary/aromatic N) is 3. The van der Waals surface area contributed by atoms with Crippen LogP contribution in [0.5, 0.6) is 5.75 Å². The fourth-order valence-electron chi connectivity index (χ4n) is 3.53. The van der Waals surface area contributed by atoms with Gasteiger partial charge in [-0.15, -0.1) is 0 Å². The number of piperidine rings is 1. The van der Waals surface area contributed by atoms with Crippen LogP contribution in [0.3, 0.4) is 0 Å². The lowest BCUT2D eigenvalue weighted by atomic mass is 9.97. The molecule has 0 aliphatic carbocycles. The van der Waals surface area contributed by atoms with Crippen molar-refractivity contribution < 1.29 is 19.1 Å². The van der Waals surface area contributed by atoms with E-state index in [2.05, 4.69) is 20.7 Å². The van der Waals surface area contributed by atoms with E-state index in [9.17, 15) is 9.59 Å². The van der Waals surface area contributed by atoms with Gasteiger partial charge in [0.05, 0.1) is 20.1 Å². The second kappa shape index (κ2) is 11.6. The third-order valence-corrected chi connectivity index (χ3v) is 6.10. The molecule has 1 saturated heterocycles. The number of hydrogen-bond donors (Lipinski definition) is 1. The van der Waals surface area contributed by atoms with Crippen LogP contribution in [0.2, 0.25) is 0 Å². The van der Waals surface area contributed by atoms with E-state index in [-0.39, 0.29) is 24.7 Å². The predicted octanol–water partition coefficient (Wildman–Crippen LogP) is 2.81. The summed E-state index contributed by atoms with van der Waals surface area (Å²) in [5.74, 6) is 1.68. The maximum atomic E-state index is 11.9. The van der Waals surface area contributed by atoms with Gasteiger partial charge in [0.15, 0.2) is 0 Å². The zero-order chi connectivity index (χ0) is 22.1. The third-order valence-electron chi connectivity index (χ3n) is 5.29. The Balaban J connectivity index is 1.40. The van der Waals surface area contributed by atoms with Crippen LogP contribution in [0.1, 0.15) is 44.0 Å². The molecule has 0 radical (unpaired) electrons. The van der Waals surface area contributed by atoms with Crippen LogP contribution in [0.25, 0.3) is 0 Å². The molecule has 1 aliphatic rings. The number of aromatic nitrogens is 2. The minimum absolute atomic E-state index is 0.0956. The Kier molecular flexibility index (Phi) is 8.63. The molecule has 8 nitrogen and oxygen atoms in total. The fraction of sp³-hybridized carbons (Fsp3) is 0.545. The largest absolute Gasteiger partial charge is 0.497 e. The van der Waals surface area contributed by atoms with Gasteiger partial charge in [0.1, 0.15) is 11.6 Å². The number of anilines is 1. The Morgan fingerprint density at radius 1 is 1.26 bits per heavy atom. The highest BCUT2D eigenvalue weighted by Gasteiger charge is 2.22. The number of rotatable bonds is 10. The Bertz CT molecular complexity index is 865. The molecule has 2 heterocycles. The highest BCUT2D eigenvalue weighted by molar-refractivity contribution is 7.09. The van der Waals surface area contributed by atoms with Crippen molar-refractivity contribution in [3.63, 3.8) is 0 Å². The number of benzene rings is 1. The van der Waals surface area contributed by atoms with E-state index >= 15 is 0 Å². The average Bonchev–Trinajstić information content (AvgIpc) is 3.25. The van der Waals surface area contributed by atoms with E-state index < -0.39 is 0 Å². The van der Waals surface area contributed by atoms with Crippen molar-refractivity contribution in [1.82, 2.24) is 14.7 Å². The summed E-state index contributed by atoms with van der Waals surface area (Å²) in [4.78, 5) is 30.2. The zero-order valence-electron chi connectivity index (χ0n) is 18.1. The van der Waals surface area contributed by atoms with Gasteiger partial charge in [0.2, 0.25) is 11.0 Å². The number of ether oxygens (including phenoxy) is 2. The topological polar surface area (TPSA) is 93.7 Å². The smallest absolute Gasteiger partial charge is 0.306 e. The van der Waals surface area contributed by atoms with Gasteiger partial charge in [0.25, 0.3) is 0 Å². The normalized spacial score (nSPS) is 14.3. The minimum atomic E-state index is -0.325. The highest BCUT2D eigenvalue weighted by atomic mass is 32.1. The molecular weight excluding hydrogens is 416 g/mol. The molecule has 0 atom stereocenters. The first-order chi connectivity index (χ1) is 15.1. The number of carbonyl (C=O) groups is 2. The Morgan fingerprint density at radius 2 is 2.06 bits per heavy atom. The molecule has 1 aliphatic heterocycles. The Morgan fingerprint density at radius 3 is 2.81 bits per heavy atom. The van der Waals surface area contributed by atoms with Gasteiger partial charge in [-0.2, -0.15) is 4.37 Å². The van der Waals surface area contributed by atoms with E-state index in [1.54, 1.807) is 14.0 Å². The summed E-state index contributed by atoms with van der Waals surface area (Å²) in [6.07, 6.45) is 2.97. The number of amides is 1. The van der Waals surface area contributed by atoms with Gasteiger partial charge in [-0.05, 0) is 43.4 Å². The van der Waals surface area contributed by atoms with Gasteiger partial charge in [0, 0.05) is 44.0 Å². The first-order valence-corrected chi connectivity index (χ1v) is 11.5. The minimum Gasteiger partial charge on any atom is -0.497 e. The lowest BCUT2D eigenvalue weighted by Gasteiger charge is -2.31. The van der Waals surface area contributed by atoms with Crippen molar-refractivity contribution in [2.24, 2.45) is 5.92 Å². The van der Waals surface area contributed by atoms with Gasteiger partial charge >= 0.3 is 5.97 Å². The number of carbonyl (C=O) groups excluding carboxylic acids is 2. The Hall–Kier alpha value is -2.68. The van der Waals surface area contributed by atoms with Crippen molar-refractivity contribution in [1.29, 1.82) is 0 Å². The summed E-state index contributed by atoms with van der Waals surface area (Å²) < 4.78 is 14.6. The van der Waals surface area contributed by atoms with Crippen molar-refractivity contribution >= 4 is 28.5 Å². The molecule has 1 amide bonds. The number of methoxy groups -OCH3 is 1.